The van der Waals surface area contributed by atoms with E-state index >= 15 is 0 Å². The normalized spacial score (nSPS) is 9.92. The Morgan fingerprint density at radius 2 is 2.33 bits per heavy atom. The maximum atomic E-state index is 5.68. The molecule has 1 heterocycles. The molecule has 0 radical (unpaired) electrons. The van der Waals surface area contributed by atoms with E-state index in [0.717, 1.165) is 22.5 Å². The van der Waals surface area contributed by atoms with Crippen LogP contribution in [0.4, 0.5) is 0 Å². The average molecular weight is 298 g/mol. The van der Waals surface area contributed by atoms with E-state index < -0.39 is 0 Å². The molecule has 0 amide bonds. The fraction of sp³-hybridized carbons (Fsp3) is 0.375. The minimum absolute atomic E-state index is 0.503. The van der Waals surface area contributed by atoms with Crippen LogP contribution in [-0.2, 0) is 0 Å². The Hall–Kier alpha value is -0.0300. The highest BCUT2D eigenvalue weighted by Crippen LogP contribution is 2.20. The van der Waals surface area contributed by atoms with Crippen molar-refractivity contribution in [2.45, 2.75) is 13.3 Å². The van der Waals surface area contributed by atoms with Crippen molar-refractivity contribution in [3.05, 3.63) is 21.0 Å². The molecule has 0 unspecified atom stereocenters. The summed E-state index contributed by atoms with van der Waals surface area (Å²) in [6, 6.07) is 3.57. The Morgan fingerprint density at radius 1 is 1.58 bits per heavy atom. The molecule has 1 aromatic heterocycles. The van der Waals surface area contributed by atoms with Gasteiger partial charge in [-0.25, -0.2) is 4.98 Å². The molecule has 1 rings (SSSR count). The Kier molecular flexibility index (Phi) is 4.08. The van der Waals surface area contributed by atoms with Crippen LogP contribution in [0.5, 0.6) is 5.75 Å². The maximum absolute atomic E-state index is 5.68. The zero-order valence-corrected chi connectivity index (χ0v) is 9.59. The average Bonchev–Trinajstić information content (AvgIpc) is 2.03. The lowest BCUT2D eigenvalue weighted by Crippen LogP contribution is -1.97. The lowest BCUT2D eigenvalue weighted by molar-refractivity contribution is 0.313. The number of rotatable bonds is 3. The standard InChI is InChI=1S/C8H9ClINO/c1-2-5-12-6-3-4-7(9)11-8(6)10/h3-4H,2,5H2,1H3. The number of nitrogens with zero attached hydrogens (tertiary/aromatic N) is 1. The highest BCUT2D eigenvalue weighted by Gasteiger charge is 2.01. The lowest BCUT2D eigenvalue weighted by Gasteiger charge is -2.05. The van der Waals surface area contributed by atoms with E-state index in [2.05, 4.69) is 34.5 Å². The molecule has 0 N–H and O–H groups in total. The van der Waals surface area contributed by atoms with E-state index in [0.29, 0.717) is 5.15 Å². The molecule has 0 spiro atoms. The van der Waals surface area contributed by atoms with Gasteiger partial charge in [-0.2, -0.15) is 0 Å². The van der Waals surface area contributed by atoms with Crippen LogP contribution in [-0.4, -0.2) is 11.6 Å². The van der Waals surface area contributed by atoms with Crippen molar-refractivity contribution in [3.8, 4) is 5.75 Å². The van der Waals surface area contributed by atoms with Crippen molar-refractivity contribution in [2.24, 2.45) is 0 Å². The first-order valence-electron chi connectivity index (χ1n) is 3.69. The second kappa shape index (κ2) is 4.87. The maximum Gasteiger partial charge on any atom is 0.151 e. The third-order valence-corrected chi connectivity index (χ3v) is 2.23. The van der Waals surface area contributed by atoms with Crippen molar-refractivity contribution in [1.82, 2.24) is 4.98 Å². The van der Waals surface area contributed by atoms with Crippen molar-refractivity contribution in [1.29, 1.82) is 0 Å². The number of pyridine rings is 1. The van der Waals surface area contributed by atoms with Gasteiger partial charge in [0.05, 0.1) is 6.61 Å². The van der Waals surface area contributed by atoms with E-state index in [1.807, 2.05) is 6.07 Å². The first-order valence-corrected chi connectivity index (χ1v) is 5.14. The van der Waals surface area contributed by atoms with Crippen LogP contribution in [0.25, 0.3) is 0 Å². The molecule has 0 aromatic carbocycles. The van der Waals surface area contributed by atoms with E-state index in [1.54, 1.807) is 6.07 Å². The highest BCUT2D eigenvalue weighted by molar-refractivity contribution is 14.1. The summed E-state index contributed by atoms with van der Waals surface area (Å²) >= 11 is 7.78. The Morgan fingerprint density at radius 3 is 2.92 bits per heavy atom. The van der Waals surface area contributed by atoms with Crippen LogP contribution < -0.4 is 4.74 Å². The number of ether oxygens (including phenoxy) is 1. The molecular formula is C8H9ClINO. The molecule has 66 valence electrons. The van der Waals surface area contributed by atoms with Gasteiger partial charge in [0, 0.05) is 0 Å². The number of halogens is 2. The van der Waals surface area contributed by atoms with Crippen molar-refractivity contribution < 1.29 is 4.74 Å². The van der Waals surface area contributed by atoms with Gasteiger partial charge >= 0.3 is 0 Å². The Balaban J connectivity index is 2.72. The van der Waals surface area contributed by atoms with E-state index in [4.69, 9.17) is 16.3 Å². The van der Waals surface area contributed by atoms with E-state index in [9.17, 15) is 0 Å². The molecule has 4 heteroatoms. The molecule has 0 fully saturated rings. The fourth-order valence-electron chi connectivity index (χ4n) is 0.719. The monoisotopic (exact) mass is 297 g/mol. The van der Waals surface area contributed by atoms with Crippen LogP contribution in [0.15, 0.2) is 12.1 Å². The smallest absolute Gasteiger partial charge is 0.151 e. The summed E-state index contributed by atoms with van der Waals surface area (Å²) in [5, 5.41) is 0.503. The largest absolute Gasteiger partial charge is 0.491 e. The number of hydrogen-bond acceptors (Lipinski definition) is 2. The predicted octanol–water partition coefficient (Wildman–Crippen LogP) is 3.13. The molecular weight excluding hydrogens is 288 g/mol. The van der Waals surface area contributed by atoms with Gasteiger partial charge in [0.25, 0.3) is 0 Å². The van der Waals surface area contributed by atoms with Crippen LogP contribution in [0.3, 0.4) is 0 Å². The minimum atomic E-state index is 0.503. The van der Waals surface area contributed by atoms with Gasteiger partial charge in [-0.3, -0.25) is 0 Å². The second-order valence-corrected chi connectivity index (χ2v) is 3.68. The third-order valence-electron chi connectivity index (χ3n) is 1.24. The molecule has 12 heavy (non-hydrogen) atoms. The SMILES string of the molecule is CCCOc1ccc(Cl)nc1I. The molecule has 2 nitrogen and oxygen atoms in total. The minimum Gasteiger partial charge on any atom is -0.491 e. The second-order valence-electron chi connectivity index (χ2n) is 2.27. The summed E-state index contributed by atoms with van der Waals surface area (Å²) < 4.78 is 6.23. The van der Waals surface area contributed by atoms with Gasteiger partial charge in [0.2, 0.25) is 0 Å². The van der Waals surface area contributed by atoms with Crippen LogP contribution >= 0.6 is 34.2 Å². The van der Waals surface area contributed by atoms with Gasteiger partial charge in [-0.1, -0.05) is 18.5 Å². The lowest BCUT2D eigenvalue weighted by atomic mass is 10.4. The number of hydrogen-bond donors (Lipinski definition) is 0. The van der Waals surface area contributed by atoms with Gasteiger partial charge in [0.1, 0.15) is 8.85 Å². The molecule has 0 saturated carbocycles. The quantitative estimate of drug-likeness (QED) is 0.632. The Labute approximate surface area is 90.4 Å². The molecule has 0 bridgehead atoms. The van der Waals surface area contributed by atoms with Crippen LogP contribution in [0, 0.1) is 3.70 Å². The fourth-order valence-corrected chi connectivity index (χ4v) is 1.60. The summed E-state index contributed by atoms with van der Waals surface area (Å²) in [7, 11) is 0. The Bertz CT molecular complexity index is 267. The van der Waals surface area contributed by atoms with Crippen molar-refractivity contribution in [2.75, 3.05) is 6.61 Å². The topological polar surface area (TPSA) is 22.1 Å². The zero-order chi connectivity index (χ0) is 8.97. The molecule has 0 aliphatic rings. The van der Waals surface area contributed by atoms with Gasteiger partial charge < -0.3 is 4.74 Å². The van der Waals surface area contributed by atoms with Crippen LogP contribution in [0.2, 0.25) is 5.15 Å². The van der Waals surface area contributed by atoms with E-state index in [1.165, 1.54) is 0 Å². The molecule has 0 aliphatic heterocycles. The predicted molar refractivity (Wildman–Crippen MR) is 57.8 cm³/mol. The molecule has 1 aromatic rings. The summed E-state index contributed by atoms with van der Waals surface area (Å²) in [6.07, 6.45) is 0.999. The van der Waals surface area contributed by atoms with Crippen molar-refractivity contribution in [3.63, 3.8) is 0 Å². The molecule has 0 atom stereocenters. The molecule has 0 saturated heterocycles. The van der Waals surface area contributed by atoms with E-state index in [-0.39, 0.29) is 0 Å². The molecule has 0 aliphatic carbocycles. The van der Waals surface area contributed by atoms with Gasteiger partial charge in [-0.15, -0.1) is 0 Å². The summed E-state index contributed by atoms with van der Waals surface area (Å²) in [5.74, 6) is 0.807. The summed E-state index contributed by atoms with van der Waals surface area (Å²) in [5.41, 5.74) is 0. The first kappa shape index (κ1) is 10.1. The van der Waals surface area contributed by atoms with Gasteiger partial charge in [0.15, 0.2) is 5.75 Å². The van der Waals surface area contributed by atoms with Crippen molar-refractivity contribution >= 4 is 34.2 Å². The van der Waals surface area contributed by atoms with Crippen LogP contribution in [0.1, 0.15) is 13.3 Å². The first-order chi connectivity index (χ1) is 5.74. The summed E-state index contributed by atoms with van der Waals surface area (Å²) in [4.78, 5) is 4.05. The third kappa shape index (κ3) is 2.79. The van der Waals surface area contributed by atoms with Gasteiger partial charge in [-0.05, 0) is 41.1 Å². The highest BCUT2D eigenvalue weighted by atomic mass is 127. The number of aromatic nitrogens is 1. The summed E-state index contributed by atoms with van der Waals surface area (Å²) in [6.45, 7) is 2.79. The zero-order valence-electron chi connectivity index (χ0n) is 6.68.